The monoisotopic (exact) mass is 193 g/mol. The van der Waals surface area contributed by atoms with Gasteiger partial charge in [0.05, 0.1) is 5.88 Å². The predicted molar refractivity (Wildman–Crippen MR) is 51.8 cm³/mol. The van der Waals surface area contributed by atoms with Crippen LogP contribution in [0.3, 0.4) is 0 Å². The summed E-state index contributed by atoms with van der Waals surface area (Å²) in [6, 6.07) is 3.41. The third kappa shape index (κ3) is 2.89. The smallest absolute Gasteiger partial charge is 0.161 e. The van der Waals surface area contributed by atoms with E-state index in [-0.39, 0.29) is 11.7 Å². The molecule has 0 saturated carbocycles. The number of hydrogen-bond donors (Lipinski definition) is 0. The van der Waals surface area contributed by atoms with Crippen molar-refractivity contribution in [3.63, 3.8) is 0 Å². The van der Waals surface area contributed by atoms with Gasteiger partial charge in [0.1, 0.15) is 5.69 Å². The zero-order valence-electron chi connectivity index (χ0n) is 7.17. The number of nitrogens with zero attached hydrogens (tertiary/aromatic N) is 1. The first-order chi connectivity index (χ1) is 6.24. The molecule has 0 unspecified atom stereocenters. The van der Waals surface area contributed by atoms with Crippen molar-refractivity contribution in [3.8, 4) is 11.8 Å². The number of halogens is 1. The highest BCUT2D eigenvalue weighted by Crippen LogP contribution is 1.99. The Hall–Kier alpha value is -1.33. The number of hydrogen-bond acceptors (Lipinski definition) is 2. The summed E-state index contributed by atoms with van der Waals surface area (Å²) in [6.45, 7) is 1.50. The summed E-state index contributed by atoms with van der Waals surface area (Å²) in [5, 5.41) is 0. The standard InChI is InChI=1S/C10H8ClNO/c1-8(13)9-4-5-10(12-7-9)3-2-6-11/h4-5,7H,6H2,1H3. The molecule has 2 nitrogen and oxygen atoms in total. The Morgan fingerprint density at radius 3 is 2.85 bits per heavy atom. The molecule has 1 aromatic heterocycles. The van der Waals surface area contributed by atoms with Crippen LogP contribution in [-0.4, -0.2) is 16.6 Å². The van der Waals surface area contributed by atoms with E-state index in [9.17, 15) is 4.79 Å². The fraction of sp³-hybridized carbons (Fsp3) is 0.200. The molecule has 0 aromatic carbocycles. The minimum Gasteiger partial charge on any atom is -0.294 e. The average Bonchev–Trinajstić information content (AvgIpc) is 2.15. The molecule has 0 atom stereocenters. The van der Waals surface area contributed by atoms with Crippen LogP contribution < -0.4 is 0 Å². The van der Waals surface area contributed by atoms with E-state index in [1.165, 1.54) is 13.1 Å². The lowest BCUT2D eigenvalue weighted by Gasteiger charge is -1.93. The Morgan fingerprint density at radius 2 is 2.38 bits per heavy atom. The first-order valence-corrected chi connectivity index (χ1v) is 4.29. The van der Waals surface area contributed by atoms with Crippen molar-refractivity contribution in [2.24, 2.45) is 0 Å². The van der Waals surface area contributed by atoms with Gasteiger partial charge < -0.3 is 0 Å². The number of ketones is 1. The molecule has 0 aliphatic heterocycles. The van der Waals surface area contributed by atoms with Crippen LogP contribution in [-0.2, 0) is 0 Å². The van der Waals surface area contributed by atoms with Crippen molar-refractivity contribution in [1.82, 2.24) is 4.98 Å². The number of carbonyl (C=O) groups excluding carboxylic acids is 1. The molecule has 3 heteroatoms. The average molecular weight is 194 g/mol. The van der Waals surface area contributed by atoms with E-state index < -0.39 is 0 Å². The lowest BCUT2D eigenvalue weighted by atomic mass is 10.2. The highest BCUT2D eigenvalue weighted by atomic mass is 35.5. The van der Waals surface area contributed by atoms with E-state index in [1.807, 2.05) is 0 Å². The Morgan fingerprint density at radius 1 is 1.62 bits per heavy atom. The van der Waals surface area contributed by atoms with Gasteiger partial charge in [-0.2, -0.15) is 0 Å². The fourth-order valence-electron chi connectivity index (χ4n) is 0.800. The second-order valence-electron chi connectivity index (χ2n) is 2.42. The van der Waals surface area contributed by atoms with E-state index in [0.717, 1.165) is 0 Å². The van der Waals surface area contributed by atoms with Crippen LogP contribution in [0.4, 0.5) is 0 Å². The number of Topliss-reactive ketones (excluding diaryl/α,β-unsaturated/α-hetero) is 1. The van der Waals surface area contributed by atoms with Crippen LogP contribution in [0.2, 0.25) is 0 Å². The summed E-state index contributed by atoms with van der Waals surface area (Å²) in [5.41, 5.74) is 1.22. The van der Waals surface area contributed by atoms with Crippen LogP contribution in [0.5, 0.6) is 0 Å². The summed E-state index contributed by atoms with van der Waals surface area (Å²) in [6.07, 6.45) is 1.51. The summed E-state index contributed by atoms with van der Waals surface area (Å²) in [7, 11) is 0. The van der Waals surface area contributed by atoms with Gasteiger partial charge in [0.15, 0.2) is 5.78 Å². The molecule has 0 saturated heterocycles. The molecule has 0 bridgehead atoms. The molecule has 1 aromatic rings. The molecular formula is C10H8ClNO. The van der Waals surface area contributed by atoms with Gasteiger partial charge >= 0.3 is 0 Å². The molecule has 66 valence electrons. The highest BCUT2D eigenvalue weighted by Gasteiger charge is 1.97. The normalized spacial score (nSPS) is 8.77. The van der Waals surface area contributed by atoms with Gasteiger partial charge in [0.2, 0.25) is 0 Å². The van der Waals surface area contributed by atoms with E-state index in [4.69, 9.17) is 11.6 Å². The molecule has 0 amide bonds. The number of carbonyl (C=O) groups is 1. The molecule has 0 spiro atoms. The minimum atomic E-state index is 0.00403. The Bertz CT molecular complexity index is 359. The zero-order valence-corrected chi connectivity index (χ0v) is 7.93. The number of aromatic nitrogens is 1. The molecule has 13 heavy (non-hydrogen) atoms. The van der Waals surface area contributed by atoms with E-state index in [2.05, 4.69) is 16.8 Å². The largest absolute Gasteiger partial charge is 0.294 e. The zero-order chi connectivity index (χ0) is 9.68. The first-order valence-electron chi connectivity index (χ1n) is 3.76. The van der Waals surface area contributed by atoms with E-state index in [1.54, 1.807) is 12.1 Å². The topological polar surface area (TPSA) is 30.0 Å². The second-order valence-corrected chi connectivity index (χ2v) is 2.69. The van der Waals surface area contributed by atoms with Crippen LogP contribution in [0.25, 0.3) is 0 Å². The Kier molecular flexibility index (Phi) is 3.48. The predicted octanol–water partition coefficient (Wildman–Crippen LogP) is 1.87. The van der Waals surface area contributed by atoms with Crippen LogP contribution >= 0.6 is 11.6 Å². The molecule has 0 aliphatic carbocycles. The van der Waals surface area contributed by atoms with Crippen LogP contribution in [0.15, 0.2) is 18.3 Å². The molecule has 0 radical (unpaired) electrons. The van der Waals surface area contributed by atoms with Crippen LogP contribution in [0.1, 0.15) is 23.0 Å². The van der Waals surface area contributed by atoms with E-state index in [0.29, 0.717) is 11.3 Å². The maximum absolute atomic E-state index is 10.9. The quantitative estimate of drug-likeness (QED) is 0.387. The van der Waals surface area contributed by atoms with Gasteiger partial charge in [-0.15, -0.1) is 11.6 Å². The van der Waals surface area contributed by atoms with E-state index >= 15 is 0 Å². The lowest BCUT2D eigenvalue weighted by molar-refractivity contribution is 0.101. The SMILES string of the molecule is CC(=O)c1ccc(C#CCCl)nc1. The van der Waals surface area contributed by atoms with Gasteiger partial charge in [0, 0.05) is 11.8 Å². The van der Waals surface area contributed by atoms with Gasteiger partial charge in [-0.1, -0.05) is 5.92 Å². The van der Waals surface area contributed by atoms with Crippen molar-refractivity contribution >= 4 is 17.4 Å². The summed E-state index contributed by atoms with van der Waals surface area (Å²) >= 11 is 5.38. The van der Waals surface area contributed by atoms with Crippen molar-refractivity contribution < 1.29 is 4.79 Å². The summed E-state index contributed by atoms with van der Waals surface area (Å²) < 4.78 is 0. The second kappa shape index (κ2) is 4.64. The number of alkyl halides is 1. The molecule has 1 rings (SSSR count). The first kappa shape index (κ1) is 9.76. The minimum absolute atomic E-state index is 0.00403. The molecular weight excluding hydrogens is 186 g/mol. The van der Waals surface area contributed by atoms with Gasteiger partial charge in [-0.3, -0.25) is 4.79 Å². The third-order valence-corrected chi connectivity index (χ3v) is 1.59. The van der Waals surface area contributed by atoms with Gasteiger partial charge in [-0.05, 0) is 25.0 Å². The Labute approximate surface area is 81.9 Å². The van der Waals surface area contributed by atoms with Crippen LogP contribution in [0, 0.1) is 11.8 Å². The van der Waals surface area contributed by atoms with Crippen molar-refractivity contribution in [3.05, 3.63) is 29.6 Å². The number of pyridine rings is 1. The number of rotatable bonds is 1. The lowest BCUT2D eigenvalue weighted by Crippen LogP contribution is -1.93. The summed E-state index contributed by atoms with van der Waals surface area (Å²) in [5.74, 6) is 5.73. The third-order valence-electron chi connectivity index (χ3n) is 1.45. The van der Waals surface area contributed by atoms with Crippen molar-refractivity contribution in [2.75, 3.05) is 5.88 Å². The highest BCUT2D eigenvalue weighted by molar-refractivity contribution is 6.19. The fourth-order valence-corrected chi connectivity index (χ4v) is 0.867. The van der Waals surface area contributed by atoms with Crippen molar-refractivity contribution in [1.29, 1.82) is 0 Å². The molecule has 0 aliphatic rings. The molecule has 0 N–H and O–H groups in total. The maximum atomic E-state index is 10.9. The maximum Gasteiger partial charge on any atom is 0.161 e. The van der Waals surface area contributed by atoms with Gasteiger partial charge in [-0.25, -0.2) is 4.98 Å². The molecule has 0 fully saturated rings. The molecule has 1 heterocycles. The summed E-state index contributed by atoms with van der Waals surface area (Å²) in [4.78, 5) is 14.9. The van der Waals surface area contributed by atoms with Crippen molar-refractivity contribution in [2.45, 2.75) is 6.92 Å². The van der Waals surface area contributed by atoms with Gasteiger partial charge in [0.25, 0.3) is 0 Å². The Balaban J connectivity index is 2.87.